The number of aromatic nitrogens is 2. The van der Waals surface area contributed by atoms with Gasteiger partial charge in [-0.1, -0.05) is 11.6 Å². The van der Waals surface area contributed by atoms with Crippen LogP contribution < -0.4 is 5.32 Å². The number of aryl methyl sites for hydroxylation is 1. The van der Waals surface area contributed by atoms with Crippen molar-refractivity contribution in [2.24, 2.45) is 0 Å². The molecule has 0 amide bonds. The molecule has 1 unspecified atom stereocenters. The van der Waals surface area contributed by atoms with E-state index in [1.54, 1.807) is 10.9 Å². The molecule has 1 aromatic carbocycles. The maximum absolute atomic E-state index is 13.7. The van der Waals surface area contributed by atoms with Crippen LogP contribution >= 0.6 is 11.6 Å². The molecule has 0 saturated carbocycles. The van der Waals surface area contributed by atoms with Gasteiger partial charge in [0.05, 0.1) is 22.9 Å². The molecule has 1 heterocycles. The molecule has 6 heteroatoms. The minimum atomic E-state index is -0.709. The minimum absolute atomic E-state index is 0.0206. The molecule has 0 aliphatic heterocycles. The first-order chi connectivity index (χ1) is 9.01. The average molecular weight is 286 g/mol. The molecule has 2 aromatic rings. The fourth-order valence-electron chi connectivity index (χ4n) is 1.76. The highest BCUT2D eigenvalue weighted by molar-refractivity contribution is 6.33. The summed E-state index contributed by atoms with van der Waals surface area (Å²) < 4.78 is 28.4. The summed E-state index contributed by atoms with van der Waals surface area (Å²) >= 11 is 5.84. The Labute approximate surface area is 115 Å². The van der Waals surface area contributed by atoms with Crippen molar-refractivity contribution >= 4 is 17.3 Å². The summed E-state index contributed by atoms with van der Waals surface area (Å²) in [7, 11) is 0. The quantitative estimate of drug-likeness (QED) is 0.920. The molecule has 0 fully saturated rings. The van der Waals surface area contributed by atoms with Crippen LogP contribution in [0.4, 0.5) is 14.5 Å². The molecule has 0 saturated heterocycles. The lowest BCUT2D eigenvalue weighted by molar-refractivity contribution is 0.584. The molecular weight excluding hydrogens is 272 g/mol. The van der Waals surface area contributed by atoms with Gasteiger partial charge >= 0.3 is 0 Å². The third-order valence-electron chi connectivity index (χ3n) is 2.84. The second-order valence-electron chi connectivity index (χ2n) is 4.24. The Morgan fingerprint density at radius 1 is 1.42 bits per heavy atom. The second kappa shape index (κ2) is 5.57. The van der Waals surface area contributed by atoms with Gasteiger partial charge in [-0.15, -0.1) is 0 Å². The molecule has 1 N–H and O–H groups in total. The number of hydrogen-bond donors (Lipinski definition) is 1. The topological polar surface area (TPSA) is 29.9 Å². The van der Waals surface area contributed by atoms with Crippen LogP contribution in [0, 0.1) is 11.6 Å². The van der Waals surface area contributed by atoms with Crippen molar-refractivity contribution in [3.8, 4) is 0 Å². The second-order valence-corrected chi connectivity index (χ2v) is 4.65. The van der Waals surface area contributed by atoms with Crippen molar-refractivity contribution in [1.29, 1.82) is 0 Å². The summed E-state index contributed by atoms with van der Waals surface area (Å²) in [5.41, 5.74) is 1.00. The van der Waals surface area contributed by atoms with Crippen LogP contribution in [0.25, 0.3) is 0 Å². The Morgan fingerprint density at radius 2 is 2.16 bits per heavy atom. The zero-order valence-corrected chi connectivity index (χ0v) is 11.4. The fraction of sp³-hybridized carbons (Fsp3) is 0.308. The highest BCUT2D eigenvalue weighted by Gasteiger charge is 2.14. The highest BCUT2D eigenvalue weighted by Crippen LogP contribution is 2.29. The van der Waals surface area contributed by atoms with Gasteiger partial charge in [-0.25, -0.2) is 8.78 Å². The lowest BCUT2D eigenvalue weighted by Gasteiger charge is -2.15. The molecule has 1 aromatic heterocycles. The zero-order valence-electron chi connectivity index (χ0n) is 10.6. The lowest BCUT2D eigenvalue weighted by Crippen LogP contribution is -2.08. The number of nitrogens with one attached hydrogen (secondary N) is 1. The monoisotopic (exact) mass is 285 g/mol. The van der Waals surface area contributed by atoms with Crippen LogP contribution in [-0.4, -0.2) is 9.78 Å². The number of benzene rings is 1. The molecule has 2 rings (SSSR count). The van der Waals surface area contributed by atoms with E-state index in [9.17, 15) is 8.78 Å². The van der Waals surface area contributed by atoms with E-state index in [4.69, 9.17) is 11.6 Å². The molecule has 0 radical (unpaired) electrons. The highest BCUT2D eigenvalue weighted by atomic mass is 35.5. The van der Waals surface area contributed by atoms with Crippen molar-refractivity contribution in [2.45, 2.75) is 26.4 Å². The number of nitrogens with zero attached hydrogens (tertiary/aromatic N) is 2. The summed E-state index contributed by atoms with van der Waals surface area (Å²) in [5.74, 6) is -1.40. The number of hydrogen-bond acceptors (Lipinski definition) is 2. The van der Waals surface area contributed by atoms with Gasteiger partial charge < -0.3 is 5.32 Å². The van der Waals surface area contributed by atoms with Crippen LogP contribution in [-0.2, 0) is 6.54 Å². The molecule has 0 spiro atoms. The standard InChI is InChI=1S/C13H14ClF2N3/c1-3-19-7-9(6-17-19)8(2)18-13-11(14)4-10(15)5-12(13)16/h4-8,18H,3H2,1-2H3. The lowest BCUT2D eigenvalue weighted by atomic mass is 10.1. The maximum atomic E-state index is 13.7. The minimum Gasteiger partial charge on any atom is -0.375 e. The third-order valence-corrected chi connectivity index (χ3v) is 3.14. The predicted molar refractivity (Wildman–Crippen MR) is 71.3 cm³/mol. The Hall–Kier alpha value is -1.62. The predicted octanol–water partition coefficient (Wildman–Crippen LogP) is 4.01. The molecule has 0 aliphatic rings. The van der Waals surface area contributed by atoms with Crippen LogP contribution in [0.3, 0.4) is 0 Å². The summed E-state index contributed by atoms with van der Waals surface area (Å²) in [4.78, 5) is 0. The van der Waals surface area contributed by atoms with Crippen molar-refractivity contribution in [1.82, 2.24) is 9.78 Å². The number of halogens is 3. The van der Waals surface area contributed by atoms with Crippen molar-refractivity contribution < 1.29 is 8.78 Å². The zero-order chi connectivity index (χ0) is 14.0. The van der Waals surface area contributed by atoms with E-state index in [-0.39, 0.29) is 16.8 Å². The number of anilines is 1. The molecule has 1 atom stereocenters. The smallest absolute Gasteiger partial charge is 0.150 e. The van der Waals surface area contributed by atoms with Crippen LogP contribution in [0.2, 0.25) is 5.02 Å². The first-order valence-corrected chi connectivity index (χ1v) is 6.32. The molecule has 19 heavy (non-hydrogen) atoms. The van der Waals surface area contributed by atoms with Gasteiger partial charge in [-0.3, -0.25) is 4.68 Å². The molecule has 0 aliphatic carbocycles. The Bertz CT molecular complexity index is 560. The Balaban J connectivity index is 2.21. The normalized spacial score (nSPS) is 12.5. The largest absolute Gasteiger partial charge is 0.375 e. The van der Waals surface area contributed by atoms with Gasteiger partial charge in [-0.2, -0.15) is 5.10 Å². The van der Waals surface area contributed by atoms with Gasteiger partial charge in [0, 0.05) is 24.4 Å². The van der Waals surface area contributed by atoms with Crippen molar-refractivity contribution in [3.63, 3.8) is 0 Å². The van der Waals surface area contributed by atoms with E-state index in [2.05, 4.69) is 10.4 Å². The van der Waals surface area contributed by atoms with Crippen LogP contribution in [0.15, 0.2) is 24.5 Å². The summed E-state index contributed by atoms with van der Waals surface area (Å²) in [6.07, 6.45) is 3.57. The maximum Gasteiger partial charge on any atom is 0.150 e. The summed E-state index contributed by atoms with van der Waals surface area (Å²) in [6, 6.07) is 1.70. The molecule has 0 bridgehead atoms. The molecule has 102 valence electrons. The SMILES string of the molecule is CCn1cc(C(C)Nc2c(F)cc(F)cc2Cl)cn1. The van der Waals surface area contributed by atoms with Crippen LogP contribution in [0.1, 0.15) is 25.5 Å². The summed E-state index contributed by atoms with van der Waals surface area (Å²) in [5, 5.41) is 7.10. The van der Waals surface area contributed by atoms with E-state index < -0.39 is 11.6 Å². The van der Waals surface area contributed by atoms with Crippen molar-refractivity contribution in [2.75, 3.05) is 5.32 Å². The van der Waals surface area contributed by atoms with E-state index >= 15 is 0 Å². The van der Waals surface area contributed by atoms with Gasteiger partial charge in [0.1, 0.15) is 5.82 Å². The van der Waals surface area contributed by atoms with Gasteiger partial charge in [0.2, 0.25) is 0 Å². The van der Waals surface area contributed by atoms with Crippen molar-refractivity contribution in [3.05, 3.63) is 46.7 Å². The summed E-state index contributed by atoms with van der Waals surface area (Å²) in [6.45, 7) is 4.60. The molecule has 3 nitrogen and oxygen atoms in total. The van der Waals surface area contributed by atoms with E-state index in [0.29, 0.717) is 0 Å². The van der Waals surface area contributed by atoms with E-state index in [1.807, 2.05) is 20.0 Å². The van der Waals surface area contributed by atoms with Gasteiger partial charge in [0.15, 0.2) is 5.82 Å². The Morgan fingerprint density at radius 3 is 2.74 bits per heavy atom. The number of rotatable bonds is 4. The van der Waals surface area contributed by atoms with Gasteiger partial charge in [-0.05, 0) is 19.9 Å². The first-order valence-electron chi connectivity index (χ1n) is 5.94. The van der Waals surface area contributed by atoms with E-state index in [0.717, 1.165) is 24.2 Å². The van der Waals surface area contributed by atoms with E-state index in [1.165, 1.54) is 0 Å². The Kier molecular flexibility index (Phi) is 4.04. The average Bonchev–Trinajstić information content (AvgIpc) is 2.82. The fourth-order valence-corrected chi connectivity index (χ4v) is 2.01. The van der Waals surface area contributed by atoms with Crippen LogP contribution in [0.5, 0.6) is 0 Å². The molecular formula is C13H14ClF2N3. The third kappa shape index (κ3) is 3.04. The first kappa shape index (κ1) is 13.8. The van der Waals surface area contributed by atoms with Gasteiger partial charge in [0.25, 0.3) is 0 Å².